The number of nitrogens with zero attached hydrogens (tertiary/aromatic N) is 1. The van der Waals surface area contributed by atoms with Crippen molar-refractivity contribution in [3.8, 4) is 0 Å². The fourth-order valence-electron chi connectivity index (χ4n) is 1.18. The van der Waals surface area contributed by atoms with Gasteiger partial charge in [0.1, 0.15) is 5.15 Å². The number of rotatable bonds is 3. The zero-order valence-electron chi connectivity index (χ0n) is 8.42. The highest BCUT2D eigenvalue weighted by molar-refractivity contribution is 9.10. The van der Waals surface area contributed by atoms with Crippen LogP contribution in [-0.4, -0.2) is 16.1 Å². The van der Waals surface area contributed by atoms with Crippen molar-refractivity contribution in [3.05, 3.63) is 26.9 Å². The number of aromatic nitrogens is 1. The van der Waals surface area contributed by atoms with Crippen molar-refractivity contribution in [2.45, 2.75) is 20.3 Å². The van der Waals surface area contributed by atoms with E-state index < -0.39 is 5.97 Å². The molecular weight excluding hydrogens is 281 g/mol. The lowest BCUT2D eigenvalue weighted by Crippen LogP contribution is -2.04. The van der Waals surface area contributed by atoms with Crippen LogP contribution in [0, 0.1) is 5.92 Å². The molecule has 1 heterocycles. The van der Waals surface area contributed by atoms with E-state index in [1.165, 1.54) is 6.07 Å². The molecule has 0 aliphatic carbocycles. The van der Waals surface area contributed by atoms with Gasteiger partial charge in [-0.25, -0.2) is 9.78 Å². The maximum atomic E-state index is 10.8. The van der Waals surface area contributed by atoms with Gasteiger partial charge in [-0.1, -0.05) is 25.4 Å². The Labute approximate surface area is 102 Å². The van der Waals surface area contributed by atoms with Gasteiger partial charge in [-0.2, -0.15) is 0 Å². The van der Waals surface area contributed by atoms with Gasteiger partial charge in [0.15, 0.2) is 0 Å². The minimum atomic E-state index is -1.07. The maximum absolute atomic E-state index is 10.8. The molecule has 0 saturated heterocycles. The van der Waals surface area contributed by atoms with Crippen molar-refractivity contribution >= 4 is 33.5 Å². The second kappa shape index (κ2) is 4.94. The Morgan fingerprint density at radius 3 is 2.73 bits per heavy atom. The van der Waals surface area contributed by atoms with Gasteiger partial charge < -0.3 is 5.11 Å². The molecule has 1 aromatic rings. The van der Waals surface area contributed by atoms with E-state index in [1.807, 2.05) is 0 Å². The number of halogens is 2. The zero-order valence-corrected chi connectivity index (χ0v) is 10.8. The third kappa shape index (κ3) is 3.18. The summed E-state index contributed by atoms with van der Waals surface area (Å²) >= 11 is 9.06. The molecule has 1 N–H and O–H groups in total. The zero-order chi connectivity index (χ0) is 11.6. The molecular formula is C10H11BrClNO2. The van der Waals surface area contributed by atoms with Gasteiger partial charge in [0.2, 0.25) is 0 Å². The molecule has 0 aliphatic rings. The summed E-state index contributed by atoms with van der Waals surface area (Å²) in [5.74, 6) is -0.621. The Morgan fingerprint density at radius 2 is 2.27 bits per heavy atom. The first-order valence-corrected chi connectivity index (χ1v) is 5.67. The number of hydrogen-bond donors (Lipinski definition) is 1. The number of aromatic carboxylic acids is 1. The quantitative estimate of drug-likeness (QED) is 0.869. The van der Waals surface area contributed by atoms with Gasteiger partial charge in [0.25, 0.3) is 0 Å². The van der Waals surface area contributed by atoms with Gasteiger partial charge in [-0.15, -0.1) is 0 Å². The minimum Gasteiger partial charge on any atom is -0.478 e. The SMILES string of the molecule is CC(C)Cc1nc(Cl)c(C(=O)O)cc1Br. The molecule has 0 atom stereocenters. The highest BCUT2D eigenvalue weighted by Gasteiger charge is 2.14. The summed E-state index contributed by atoms with van der Waals surface area (Å²) < 4.78 is 0.693. The van der Waals surface area contributed by atoms with E-state index in [4.69, 9.17) is 16.7 Å². The van der Waals surface area contributed by atoms with E-state index in [-0.39, 0.29) is 10.7 Å². The molecule has 0 spiro atoms. The van der Waals surface area contributed by atoms with E-state index in [9.17, 15) is 4.79 Å². The first kappa shape index (κ1) is 12.5. The summed E-state index contributed by atoms with van der Waals surface area (Å²) in [7, 11) is 0. The molecule has 1 aromatic heterocycles. The first-order valence-electron chi connectivity index (χ1n) is 4.50. The lowest BCUT2D eigenvalue weighted by atomic mass is 10.1. The van der Waals surface area contributed by atoms with Crippen LogP contribution in [0.25, 0.3) is 0 Å². The van der Waals surface area contributed by atoms with Crippen LogP contribution in [-0.2, 0) is 6.42 Å². The maximum Gasteiger partial charge on any atom is 0.338 e. The third-order valence-electron chi connectivity index (χ3n) is 1.83. The molecule has 1 rings (SSSR count). The summed E-state index contributed by atoms with van der Waals surface area (Å²) in [6, 6.07) is 1.50. The Hall–Kier alpha value is -0.610. The summed E-state index contributed by atoms with van der Waals surface area (Å²) in [6.45, 7) is 4.13. The summed E-state index contributed by atoms with van der Waals surface area (Å²) in [4.78, 5) is 14.8. The number of pyridine rings is 1. The Kier molecular flexibility index (Phi) is 4.11. The lowest BCUT2D eigenvalue weighted by Gasteiger charge is -2.08. The van der Waals surface area contributed by atoms with Crippen LogP contribution in [0.2, 0.25) is 5.15 Å². The fraction of sp³-hybridized carbons (Fsp3) is 0.400. The predicted octanol–water partition coefficient (Wildman–Crippen LogP) is 3.39. The second-order valence-corrected chi connectivity index (χ2v) is 4.87. The smallest absolute Gasteiger partial charge is 0.338 e. The van der Waals surface area contributed by atoms with Crippen LogP contribution < -0.4 is 0 Å². The molecule has 0 amide bonds. The summed E-state index contributed by atoms with van der Waals surface area (Å²) in [5.41, 5.74) is 0.816. The van der Waals surface area contributed by atoms with Crippen LogP contribution in [0.5, 0.6) is 0 Å². The molecule has 0 fully saturated rings. The van der Waals surface area contributed by atoms with Gasteiger partial charge in [-0.05, 0) is 34.3 Å². The molecule has 0 saturated carbocycles. The third-order valence-corrected chi connectivity index (χ3v) is 2.81. The number of hydrogen-bond acceptors (Lipinski definition) is 2. The number of carbonyl (C=O) groups is 1. The van der Waals surface area contributed by atoms with Gasteiger partial charge >= 0.3 is 5.97 Å². The molecule has 0 aliphatic heterocycles. The second-order valence-electron chi connectivity index (χ2n) is 3.66. The largest absolute Gasteiger partial charge is 0.478 e. The molecule has 15 heavy (non-hydrogen) atoms. The average Bonchev–Trinajstić information content (AvgIpc) is 2.09. The topological polar surface area (TPSA) is 50.2 Å². The molecule has 0 radical (unpaired) electrons. The Morgan fingerprint density at radius 1 is 1.67 bits per heavy atom. The molecule has 0 aromatic carbocycles. The average molecular weight is 293 g/mol. The molecule has 0 bridgehead atoms. The van der Waals surface area contributed by atoms with E-state index in [2.05, 4.69) is 34.8 Å². The van der Waals surface area contributed by atoms with Crippen LogP contribution in [0.1, 0.15) is 29.9 Å². The van der Waals surface area contributed by atoms with Crippen molar-refractivity contribution < 1.29 is 9.90 Å². The van der Waals surface area contributed by atoms with Crippen LogP contribution in [0.3, 0.4) is 0 Å². The van der Waals surface area contributed by atoms with Crippen molar-refractivity contribution in [1.82, 2.24) is 4.98 Å². The van der Waals surface area contributed by atoms with Gasteiger partial charge in [0, 0.05) is 4.47 Å². The lowest BCUT2D eigenvalue weighted by molar-refractivity contribution is 0.0696. The van der Waals surface area contributed by atoms with Gasteiger partial charge in [-0.3, -0.25) is 0 Å². The minimum absolute atomic E-state index is 0.0241. The summed E-state index contributed by atoms with van der Waals surface area (Å²) in [5, 5.41) is 8.86. The van der Waals surface area contributed by atoms with E-state index in [1.54, 1.807) is 0 Å². The normalized spacial score (nSPS) is 10.7. The number of carboxylic acids is 1. The van der Waals surface area contributed by atoms with E-state index in [0.717, 1.165) is 12.1 Å². The monoisotopic (exact) mass is 291 g/mol. The van der Waals surface area contributed by atoms with Crippen molar-refractivity contribution in [2.75, 3.05) is 0 Å². The standard InChI is InChI=1S/C10H11BrClNO2/c1-5(2)3-8-7(11)4-6(10(14)15)9(12)13-8/h4-5H,3H2,1-2H3,(H,14,15). The van der Waals surface area contributed by atoms with Gasteiger partial charge in [0.05, 0.1) is 11.3 Å². The van der Waals surface area contributed by atoms with Crippen LogP contribution in [0.4, 0.5) is 0 Å². The molecule has 3 nitrogen and oxygen atoms in total. The molecule has 0 unspecified atom stereocenters. The van der Waals surface area contributed by atoms with Crippen molar-refractivity contribution in [3.63, 3.8) is 0 Å². The Bertz CT molecular complexity index is 393. The van der Waals surface area contributed by atoms with E-state index >= 15 is 0 Å². The predicted molar refractivity (Wildman–Crippen MR) is 62.4 cm³/mol. The number of carboxylic acid groups (broad SMARTS) is 1. The summed E-state index contributed by atoms with van der Waals surface area (Å²) in [6.07, 6.45) is 0.764. The van der Waals surface area contributed by atoms with Crippen molar-refractivity contribution in [2.24, 2.45) is 5.92 Å². The first-order chi connectivity index (χ1) is 6.91. The van der Waals surface area contributed by atoms with Crippen LogP contribution in [0.15, 0.2) is 10.5 Å². The fourth-order valence-corrected chi connectivity index (χ4v) is 1.90. The van der Waals surface area contributed by atoms with Crippen molar-refractivity contribution in [1.29, 1.82) is 0 Å². The molecule has 82 valence electrons. The molecule has 5 heteroatoms. The highest BCUT2D eigenvalue weighted by Crippen LogP contribution is 2.24. The highest BCUT2D eigenvalue weighted by atomic mass is 79.9. The van der Waals surface area contributed by atoms with E-state index in [0.29, 0.717) is 10.4 Å². The Balaban J connectivity index is 3.13. The van der Waals surface area contributed by atoms with Crippen LogP contribution >= 0.6 is 27.5 Å².